The van der Waals surface area contributed by atoms with Crippen LogP contribution in [0.25, 0.3) is 0 Å². The van der Waals surface area contributed by atoms with E-state index in [2.05, 4.69) is 6.58 Å². The molecule has 6 aliphatic rings. The Morgan fingerprint density at radius 3 is 2.05 bits per heavy atom. The van der Waals surface area contributed by atoms with Crippen LogP contribution in [0.3, 0.4) is 0 Å². The lowest BCUT2D eigenvalue weighted by atomic mass is 9.78. The molecule has 0 aromatic carbocycles. The molecule has 6 rings (SSSR count). The molecule has 488 valence electrons. The average Bonchev–Trinajstić information content (AvgIpc) is 1.11. The van der Waals surface area contributed by atoms with Gasteiger partial charge in [0, 0.05) is 57.5 Å². The highest BCUT2D eigenvalue weighted by molar-refractivity contribution is 6.39. The average molecular weight is 1230 g/mol. The molecule has 2 bridgehead atoms. The lowest BCUT2D eigenvalue weighted by Gasteiger charge is -2.47. The van der Waals surface area contributed by atoms with Gasteiger partial charge >= 0.3 is 17.9 Å². The van der Waals surface area contributed by atoms with Gasteiger partial charge in [0.05, 0.1) is 44.4 Å². The number of nitrogens with zero attached hydrogens (tertiary/aromatic N) is 1. The molecule has 26 heteroatoms. The highest BCUT2D eigenvalue weighted by atomic mass is 16.7. The molecular formula is C60H93NO25. The standard InChI is InChI=1S/C60H93NO25/c1-9-12-35-20-29(2)19-30(3)21-41(78-7)53-42(79-8)23-32(5)60(77,86-53)55(74)56(75)61-18-11-10-13-37(61)57(76)84-52(33(6)38(65)25-39(35)66)31(4)22-34-14-15-40(36(24-34)26-62)80-45(67)16-17-46(68)83-58-51(73)49(71)54(44(28-64)82-58)85-59-50(72)48(70)47(69)43(27-63)81-59/h9,20,22,30,32-38,40-44,47-54,58-59,62-65,69-73,77H,1,10-19,21,23-28H2,2-8H3/b29-20+,31-22+/t30-,32-,33-,34?,35?,36+,37?,38-,40?,41+,42?,43?,44?,47?,48?,49?,50?,51?,52-,53-,54?,58?,59?,60-/m1/s1. The minimum Gasteiger partial charge on any atom is -0.462 e. The van der Waals surface area contributed by atoms with Crippen LogP contribution in [0.1, 0.15) is 118 Å². The second-order valence-electron chi connectivity index (χ2n) is 24.4. The highest BCUT2D eigenvalue weighted by Crippen LogP contribution is 2.40. The summed E-state index contributed by atoms with van der Waals surface area (Å²) in [6.45, 7) is 10.6. The lowest BCUT2D eigenvalue weighted by Crippen LogP contribution is -2.64. The third-order valence-corrected chi connectivity index (χ3v) is 18.0. The monoisotopic (exact) mass is 1230 g/mol. The summed E-state index contributed by atoms with van der Waals surface area (Å²) in [5.74, 6) is -11.6. The maximum Gasteiger partial charge on any atom is 0.329 e. The summed E-state index contributed by atoms with van der Waals surface area (Å²) in [4.78, 5) is 85.0. The van der Waals surface area contributed by atoms with E-state index in [0.717, 1.165) is 10.5 Å². The summed E-state index contributed by atoms with van der Waals surface area (Å²) < 4.78 is 51.6. The maximum absolute atomic E-state index is 14.6. The number of carbonyl (C=O) groups is 6. The summed E-state index contributed by atoms with van der Waals surface area (Å²) in [5.41, 5.74) is 1.35. The molecule has 1 saturated carbocycles. The van der Waals surface area contributed by atoms with Crippen molar-refractivity contribution in [1.82, 2.24) is 4.90 Å². The smallest absolute Gasteiger partial charge is 0.329 e. The number of rotatable bonds is 16. The van der Waals surface area contributed by atoms with Crippen molar-refractivity contribution in [2.45, 2.75) is 228 Å². The third-order valence-electron chi connectivity index (χ3n) is 18.0. The number of methoxy groups -OCH3 is 2. The number of allylic oxidation sites excluding steroid dienone is 4. The summed E-state index contributed by atoms with van der Waals surface area (Å²) >= 11 is 0. The number of esters is 3. The van der Waals surface area contributed by atoms with Gasteiger partial charge < -0.3 is 98.6 Å². The molecule has 0 radical (unpaired) electrons. The second-order valence-corrected chi connectivity index (χ2v) is 24.4. The first-order chi connectivity index (χ1) is 40.7. The number of aliphatic hydroxyl groups excluding tert-OH is 9. The second kappa shape index (κ2) is 32.0. The number of Topliss-reactive ketones (excluding diaryl/α,β-unsaturated/α-hetero) is 2. The summed E-state index contributed by atoms with van der Waals surface area (Å²) in [7, 11) is 2.97. The number of amides is 1. The van der Waals surface area contributed by atoms with Crippen LogP contribution in [-0.4, -0.2) is 242 Å². The van der Waals surface area contributed by atoms with Gasteiger partial charge in [0.2, 0.25) is 12.1 Å². The van der Waals surface area contributed by atoms with Gasteiger partial charge in [-0.25, -0.2) is 4.79 Å². The zero-order valence-electron chi connectivity index (χ0n) is 50.3. The van der Waals surface area contributed by atoms with Crippen molar-refractivity contribution >= 4 is 35.4 Å². The fourth-order valence-electron chi connectivity index (χ4n) is 12.9. The zero-order valence-corrected chi connectivity index (χ0v) is 50.3. The van der Waals surface area contributed by atoms with Crippen LogP contribution >= 0.6 is 0 Å². The van der Waals surface area contributed by atoms with Crippen molar-refractivity contribution in [2.75, 3.05) is 40.6 Å². The Bertz CT molecular complexity index is 2370. The largest absolute Gasteiger partial charge is 0.462 e. The Hall–Kier alpha value is -4.20. The van der Waals surface area contributed by atoms with Crippen molar-refractivity contribution in [3.05, 3.63) is 36.0 Å². The molecule has 0 aromatic rings. The van der Waals surface area contributed by atoms with Crippen LogP contribution in [0.5, 0.6) is 0 Å². The number of ether oxygens (including phenoxy) is 9. The molecule has 1 amide bonds. The molecule has 0 spiro atoms. The first kappa shape index (κ1) is 70.9. The molecule has 15 unspecified atom stereocenters. The predicted octanol–water partition coefficient (Wildman–Crippen LogP) is -0.269. The van der Waals surface area contributed by atoms with Crippen LogP contribution in [-0.2, 0) is 71.4 Å². The number of ketones is 2. The minimum absolute atomic E-state index is 0.0186. The number of fused-ring (bicyclic) bond motifs is 3. The number of piperidine rings is 1. The molecule has 26 nitrogen and oxygen atoms in total. The molecule has 0 aromatic heterocycles. The molecule has 1 aliphatic carbocycles. The number of hydrogen-bond acceptors (Lipinski definition) is 25. The van der Waals surface area contributed by atoms with E-state index in [1.807, 2.05) is 26.0 Å². The van der Waals surface area contributed by atoms with E-state index in [0.29, 0.717) is 37.7 Å². The van der Waals surface area contributed by atoms with Gasteiger partial charge in [0.25, 0.3) is 11.7 Å². The van der Waals surface area contributed by atoms with Gasteiger partial charge in [-0.15, -0.1) is 6.58 Å². The minimum atomic E-state index is -2.61. The maximum atomic E-state index is 14.6. The van der Waals surface area contributed by atoms with Crippen molar-refractivity contribution < 1.29 is 122 Å². The SMILES string of the molecule is C=CCC1/C=C(\C)C[C@@H](C)C[C@H](OC)[C@H]2O[C@@](O)(C(=O)C(=O)N3CCCCC3C(=O)O[C@H](/C(C)=C/C3CCC(OC(=O)CCC(=O)OC4OC(CO)C(OC5OC(CO)C(O)C(O)C5O)C(O)C4O)[C@H](CO)C3)[C@H](C)[C@H](O)CC1=O)[C@H](C)CC2OC. The fraction of sp³-hybridized carbons (Fsp3) is 0.800. The Morgan fingerprint density at radius 2 is 1.41 bits per heavy atom. The van der Waals surface area contributed by atoms with Crippen molar-refractivity contribution in [3.8, 4) is 0 Å². The first-order valence-corrected chi connectivity index (χ1v) is 30.0. The topological polar surface area (TPSA) is 391 Å². The molecule has 24 atom stereocenters. The quantitative estimate of drug-likeness (QED) is 0.0411. The van der Waals surface area contributed by atoms with E-state index < -0.39 is 196 Å². The van der Waals surface area contributed by atoms with E-state index in [-0.39, 0.29) is 62.7 Å². The van der Waals surface area contributed by atoms with Gasteiger partial charge in [-0.05, 0) is 95.5 Å². The van der Waals surface area contributed by atoms with Crippen LogP contribution in [0.4, 0.5) is 0 Å². The highest BCUT2D eigenvalue weighted by Gasteiger charge is 2.57. The Balaban J connectivity index is 1.15. The third kappa shape index (κ3) is 17.0. The van der Waals surface area contributed by atoms with E-state index in [9.17, 15) is 79.8 Å². The molecule has 4 saturated heterocycles. The molecule has 5 heterocycles. The van der Waals surface area contributed by atoms with Crippen LogP contribution in [0.2, 0.25) is 0 Å². The van der Waals surface area contributed by atoms with E-state index >= 15 is 0 Å². The van der Waals surface area contributed by atoms with Gasteiger partial charge in [-0.2, -0.15) is 0 Å². The van der Waals surface area contributed by atoms with Crippen LogP contribution in [0.15, 0.2) is 36.0 Å². The zero-order chi connectivity index (χ0) is 63.5. The van der Waals surface area contributed by atoms with Crippen LogP contribution < -0.4 is 0 Å². The van der Waals surface area contributed by atoms with E-state index in [1.54, 1.807) is 26.8 Å². The van der Waals surface area contributed by atoms with Gasteiger partial charge in [-0.3, -0.25) is 24.0 Å². The predicted molar refractivity (Wildman–Crippen MR) is 298 cm³/mol. The van der Waals surface area contributed by atoms with Crippen molar-refractivity contribution in [1.29, 1.82) is 0 Å². The van der Waals surface area contributed by atoms with Crippen molar-refractivity contribution in [2.24, 2.45) is 35.5 Å². The molecule has 5 aliphatic heterocycles. The fourth-order valence-corrected chi connectivity index (χ4v) is 12.9. The van der Waals surface area contributed by atoms with Crippen LogP contribution in [0, 0.1) is 35.5 Å². The number of carbonyl (C=O) groups excluding carboxylic acids is 6. The van der Waals surface area contributed by atoms with Gasteiger partial charge in [0.15, 0.2) is 6.29 Å². The Morgan fingerprint density at radius 1 is 0.767 bits per heavy atom. The summed E-state index contributed by atoms with van der Waals surface area (Å²) in [5, 5.41) is 107. The summed E-state index contributed by atoms with van der Waals surface area (Å²) in [6, 6.07) is -1.29. The van der Waals surface area contributed by atoms with Gasteiger partial charge in [0.1, 0.15) is 79.0 Å². The Kier molecular flexibility index (Phi) is 26.4. The molecular weight excluding hydrogens is 1130 g/mol. The molecule has 10 N–H and O–H groups in total. The first-order valence-electron chi connectivity index (χ1n) is 30.0. The number of cyclic esters (lactones) is 1. The van der Waals surface area contributed by atoms with E-state index in [1.165, 1.54) is 14.2 Å². The number of aliphatic hydroxyl groups is 10. The van der Waals surface area contributed by atoms with E-state index in [4.69, 9.17) is 42.6 Å². The van der Waals surface area contributed by atoms with Crippen molar-refractivity contribution in [3.63, 3.8) is 0 Å². The number of hydrogen-bond donors (Lipinski definition) is 10. The lowest BCUT2D eigenvalue weighted by molar-refractivity contribution is -0.355. The molecule has 86 heavy (non-hydrogen) atoms. The molecule has 5 fully saturated rings. The van der Waals surface area contributed by atoms with Gasteiger partial charge in [-0.1, -0.05) is 44.6 Å². The summed E-state index contributed by atoms with van der Waals surface area (Å²) in [6.07, 6.45) is -16.2. The normalized spacial score (nSPS) is 41.8. The Labute approximate surface area is 501 Å².